The molecule has 0 radical (unpaired) electrons. The van der Waals surface area contributed by atoms with Crippen molar-refractivity contribution in [3.63, 3.8) is 0 Å². The summed E-state index contributed by atoms with van der Waals surface area (Å²) in [5.74, 6) is 0.233. The third-order valence-electron chi connectivity index (χ3n) is 2.10. The second kappa shape index (κ2) is 7.79. The van der Waals surface area contributed by atoms with Crippen LogP contribution in [0.15, 0.2) is 0 Å². The van der Waals surface area contributed by atoms with E-state index in [9.17, 15) is 9.00 Å². The van der Waals surface area contributed by atoms with Crippen LogP contribution in [0.5, 0.6) is 0 Å². The number of hydrogen-bond donors (Lipinski definition) is 1. The molecule has 0 bridgehead atoms. The highest BCUT2D eigenvalue weighted by Gasteiger charge is 2.22. The van der Waals surface area contributed by atoms with Crippen molar-refractivity contribution in [3.05, 3.63) is 0 Å². The first-order valence-corrected chi connectivity index (χ1v) is 7.01. The van der Waals surface area contributed by atoms with Gasteiger partial charge in [-0.05, 0) is 40.0 Å². The van der Waals surface area contributed by atoms with Gasteiger partial charge >= 0.3 is 5.97 Å². The number of rotatable bonds is 7. The normalized spacial score (nSPS) is 13.8. The van der Waals surface area contributed by atoms with Gasteiger partial charge in [-0.15, -0.1) is 4.47 Å². The van der Waals surface area contributed by atoms with Crippen molar-refractivity contribution in [2.75, 3.05) is 19.4 Å². The van der Waals surface area contributed by atoms with E-state index in [0.29, 0.717) is 16.8 Å². The molecule has 0 aliphatic carbocycles. The molecule has 0 rings (SSSR count). The molecule has 0 aromatic heterocycles. The van der Waals surface area contributed by atoms with Gasteiger partial charge in [0, 0.05) is 12.8 Å². The van der Waals surface area contributed by atoms with Gasteiger partial charge in [0.1, 0.15) is 11.0 Å². The summed E-state index contributed by atoms with van der Waals surface area (Å²) in [6, 6.07) is 0. The Kier molecular flexibility index (Phi) is 7.58. The van der Waals surface area contributed by atoms with E-state index >= 15 is 0 Å². The van der Waals surface area contributed by atoms with Gasteiger partial charge in [-0.2, -0.15) is 0 Å². The number of carbonyl (C=O) groups excluding carboxylic acids is 1. The highest BCUT2D eigenvalue weighted by atomic mass is 32.2. The van der Waals surface area contributed by atoms with Gasteiger partial charge < -0.3 is 9.94 Å². The Labute approximate surface area is 106 Å². The molecule has 0 aromatic rings. The fraction of sp³-hybridized carbons (Fsp3) is 0.909. The number of hydroxylamine groups is 1. The Morgan fingerprint density at radius 3 is 2.35 bits per heavy atom. The number of hydrogen-bond acceptors (Lipinski definition) is 4. The fourth-order valence-corrected chi connectivity index (χ4v) is 1.73. The van der Waals surface area contributed by atoms with E-state index in [2.05, 4.69) is 0 Å². The molecule has 0 aliphatic rings. The molecular formula is C11H23NO4S. The molecule has 0 saturated carbocycles. The van der Waals surface area contributed by atoms with Crippen molar-refractivity contribution in [2.24, 2.45) is 5.41 Å². The van der Waals surface area contributed by atoms with Crippen molar-refractivity contribution < 1.29 is 18.9 Å². The Morgan fingerprint density at radius 1 is 1.29 bits per heavy atom. The summed E-state index contributed by atoms with van der Waals surface area (Å²) in [6.45, 7) is 5.85. The van der Waals surface area contributed by atoms with Crippen LogP contribution < -0.4 is 0 Å². The minimum Gasteiger partial charge on any atom is -0.465 e. The number of nitrogens with zero attached hydrogens (tertiary/aromatic N) is 1. The van der Waals surface area contributed by atoms with Crippen molar-refractivity contribution in [3.8, 4) is 0 Å². The first kappa shape index (κ1) is 16.5. The molecule has 1 atom stereocenters. The van der Waals surface area contributed by atoms with Crippen molar-refractivity contribution in [1.82, 2.24) is 4.47 Å². The summed E-state index contributed by atoms with van der Waals surface area (Å²) in [5, 5.41) is 8.85. The standard InChI is InChI=1S/C11H23NO4S/c1-11(2,3)10(13)16-8-6-5-7-9-17(15)12(4)14/h14H,5-9H2,1-4H3. The summed E-state index contributed by atoms with van der Waals surface area (Å²) in [4.78, 5) is 11.4. The van der Waals surface area contributed by atoms with Crippen molar-refractivity contribution in [1.29, 1.82) is 0 Å². The smallest absolute Gasteiger partial charge is 0.311 e. The summed E-state index contributed by atoms with van der Waals surface area (Å²) in [5.41, 5.74) is -0.457. The van der Waals surface area contributed by atoms with E-state index in [0.717, 1.165) is 19.3 Å². The van der Waals surface area contributed by atoms with Gasteiger partial charge in [0.2, 0.25) is 0 Å². The lowest BCUT2D eigenvalue weighted by Gasteiger charge is -2.16. The Morgan fingerprint density at radius 2 is 1.88 bits per heavy atom. The molecule has 0 saturated heterocycles. The molecule has 1 N–H and O–H groups in total. The lowest BCUT2D eigenvalue weighted by Crippen LogP contribution is -2.23. The molecule has 0 aromatic carbocycles. The highest BCUT2D eigenvalue weighted by molar-refractivity contribution is 7.82. The Bertz CT molecular complexity index is 261. The molecular weight excluding hydrogens is 242 g/mol. The van der Waals surface area contributed by atoms with Gasteiger partial charge in [0.25, 0.3) is 0 Å². The maximum absolute atomic E-state index is 11.4. The van der Waals surface area contributed by atoms with E-state index in [1.807, 2.05) is 20.8 Å². The van der Waals surface area contributed by atoms with Crippen LogP contribution in [-0.4, -0.2) is 39.3 Å². The fourth-order valence-electron chi connectivity index (χ4n) is 1.02. The summed E-state index contributed by atoms with van der Waals surface area (Å²) in [7, 11) is 0.0434. The zero-order valence-corrected chi connectivity index (χ0v) is 11.9. The predicted molar refractivity (Wildman–Crippen MR) is 66.8 cm³/mol. The molecule has 1 unspecified atom stereocenters. The number of esters is 1. The zero-order chi connectivity index (χ0) is 13.5. The van der Waals surface area contributed by atoms with Crippen LogP contribution >= 0.6 is 0 Å². The van der Waals surface area contributed by atoms with Crippen molar-refractivity contribution in [2.45, 2.75) is 40.0 Å². The van der Waals surface area contributed by atoms with E-state index in [1.54, 1.807) is 0 Å². The molecule has 0 fully saturated rings. The highest BCUT2D eigenvalue weighted by Crippen LogP contribution is 2.15. The summed E-state index contributed by atoms with van der Waals surface area (Å²) in [6.07, 6.45) is 2.33. The maximum Gasteiger partial charge on any atom is 0.311 e. The first-order valence-electron chi connectivity index (χ1n) is 5.73. The SMILES string of the molecule is CN(O)S(=O)CCCCCOC(=O)C(C)(C)C. The van der Waals surface area contributed by atoms with Crippen LogP contribution in [0.25, 0.3) is 0 Å². The van der Waals surface area contributed by atoms with Crippen LogP contribution in [0.1, 0.15) is 40.0 Å². The van der Waals surface area contributed by atoms with Gasteiger partial charge in [0.15, 0.2) is 0 Å². The van der Waals surface area contributed by atoms with Gasteiger partial charge in [-0.25, -0.2) is 4.21 Å². The third kappa shape index (κ3) is 8.29. The van der Waals surface area contributed by atoms with E-state index in [-0.39, 0.29) is 5.97 Å². The number of carbonyl (C=O) groups is 1. The molecule has 0 heterocycles. The van der Waals surface area contributed by atoms with Crippen LogP contribution in [0.3, 0.4) is 0 Å². The third-order valence-corrected chi connectivity index (χ3v) is 3.33. The quantitative estimate of drug-likeness (QED) is 0.432. The van der Waals surface area contributed by atoms with E-state index < -0.39 is 16.4 Å². The molecule has 0 spiro atoms. The summed E-state index contributed by atoms with van der Waals surface area (Å²) >= 11 is 0. The van der Waals surface area contributed by atoms with Crippen LogP contribution in [-0.2, 0) is 20.5 Å². The van der Waals surface area contributed by atoms with E-state index in [4.69, 9.17) is 9.94 Å². The largest absolute Gasteiger partial charge is 0.465 e. The minimum atomic E-state index is -1.32. The average molecular weight is 265 g/mol. The number of ether oxygens (including phenoxy) is 1. The average Bonchev–Trinajstić information content (AvgIpc) is 2.20. The molecule has 0 aliphatic heterocycles. The molecule has 17 heavy (non-hydrogen) atoms. The lowest BCUT2D eigenvalue weighted by molar-refractivity contribution is -0.153. The van der Waals surface area contributed by atoms with Gasteiger partial charge in [-0.1, -0.05) is 0 Å². The second-order valence-corrected chi connectivity index (χ2v) is 6.52. The monoisotopic (exact) mass is 265 g/mol. The zero-order valence-electron chi connectivity index (χ0n) is 11.1. The van der Waals surface area contributed by atoms with Gasteiger partial charge in [-0.3, -0.25) is 4.79 Å². The van der Waals surface area contributed by atoms with Gasteiger partial charge in [0.05, 0.1) is 12.0 Å². The number of unbranched alkanes of at least 4 members (excludes halogenated alkanes) is 2. The molecule has 0 amide bonds. The molecule has 6 heteroatoms. The summed E-state index contributed by atoms with van der Waals surface area (Å²) < 4.78 is 16.9. The Hall–Kier alpha value is -0.460. The minimum absolute atomic E-state index is 0.198. The van der Waals surface area contributed by atoms with Crippen molar-refractivity contribution >= 4 is 17.0 Å². The lowest BCUT2D eigenvalue weighted by atomic mass is 9.97. The van der Waals surface area contributed by atoms with Crippen LogP contribution in [0, 0.1) is 5.41 Å². The van der Waals surface area contributed by atoms with Crippen LogP contribution in [0.2, 0.25) is 0 Å². The van der Waals surface area contributed by atoms with Crippen LogP contribution in [0.4, 0.5) is 0 Å². The predicted octanol–water partition coefficient (Wildman–Crippen LogP) is 1.73. The van der Waals surface area contributed by atoms with E-state index in [1.165, 1.54) is 7.05 Å². The maximum atomic E-state index is 11.4. The first-order chi connectivity index (χ1) is 7.75. The second-order valence-electron chi connectivity index (χ2n) is 4.94. The Balaban J connectivity index is 3.48. The molecule has 102 valence electrons. The molecule has 5 nitrogen and oxygen atoms in total. The topological polar surface area (TPSA) is 66.8 Å².